The van der Waals surface area contributed by atoms with E-state index in [9.17, 15) is 13.2 Å². The van der Waals surface area contributed by atoms with Gasteiger partial charge in [0.1, 0.15) is 6.33 Å². The first-order valence-corrected chi connectivity index (χ1v) is 7.35. The summed E-state index contributed by atoms with van der Waals surface area (Å²) in [4.78, 5) is 4.36. The number of benzene rings is 2. The van der Waals surface area contributed by atoms with E-state index in [0.717, 1.165) is 34.1 Å². The summed E-state index contributed by atoms with van der Waals surface area (Å²) >= 11 is 0. The van der Waals surface area contributed by atoms with E-state index in [0.29, 0.717) is 11.3 Å². The first-order chi connectivity index (χ1) is 11.4. The quantitative estimate of drug-likeness (QED) is 0.499. The number of fused-ring (bicyclic) bond motifs is 3. The van der Waals surface area contributed by atoms with Crippen LogP contribution in [0.4, 0.5) is 13.2 Å². The number of nitrogens with zero attached hydrogens (tertiary/aromatic N) is 3. The lowest BCUT2D eigenvalue weighted by Crippen LogP contribution is -2.04. The van der Waals surface area contributed by atoms with Crippen LogP contribution in [0.5, 0.6) is 0 Å². The molecule has 0 aliphatic heterocycles. The summed E-state index contributed by atoms with van der Waals surface area (Å²) in [6, 6.07) is 12.8. The number of hydrogen-bond donors (Lipinski definition) is 0. The van der Waals surface area contributed by atoms with Crippen molar-refractivity contribution in [3.63, 3.8) is 0 Å². The lowest BCUT2D eigenvalue weighted by Gasteiger charge is -2.06. The maximum absolute atomic E-state index is 12.7. The van der Waals surface area contributed by atoms with Crippen LogP contribution in [0.2, 0.25) is 0 Å². The molecule has 0 aliphatic carbocycles. The van der Waals surface area contributed by atoms with E-state index in [-0.39, 0.29) is 0 Å². The Balaban J connectivity index is 1.91. The molecule has 0 unspecified atom stereocenters. The van der Waals surface area contributed by atoms with E-state index >= 15 is 0 Å². The molecule has 0 amide bonds. The molecular formula is C18H12F3N3. The molecule has 4 rings (SSSR count). The molecule has 4 aromatic rings. The van der Waals surface area contributed by atoms with Gasteiger partial charge in [0.25, 0.3) is 0 Å². The highest BCUT2D eigenvalue weighted by atomic mass is 19.4. The number of aromatic nitrogens is 3. The van der Waals surface area contributed by atoms with Gasteiger partial charge in [0.15, 0.2) is 0 Å². The third-order valence-corrected chi connectivity index (χ3v) is 4.10. The second-order valence-electron chi connectivity index (χ2n) is 5.60. The van der Waals surface area contributed by atoms with Crippen molar-refractivity contribution in [2.45, 2.75) is 13.1 Å². The molecule has 0 N–H and O–H groups in total. The molecule has 0 saturated carbocycles. The molecule has 0 radical (unpaired) electrons. The van der Waals surface area contributed by atoms with Gasteiger partial charge in [-0.2, -0.15) is 18.3 Å². The SMILES string of the molecule is Cc1c(-c2ccc(C(F)(F)F)cc2)nn2cnc3ccccc3c12. The molecule has 2 heterocycles. The standard InChI is InChI=1S/C18H12F3N3/c1-11-16(12-6-8-13(9-7-12)18(19,20)21)23-24-10-22-15-5-3-2-4-14(15)17(11)24/h2-10H,1H3. The Labute approximate surface area is 135 Å². The van der Waals surface area contributed by atoms with Gasteiger partial charge in [-0.15, -0.1) is 0 Å². The third-order valence-electron chi connectivity index (χ3n) is 4.10. The zero-order valence-corrected chi connectivity index (χ0v) is 12.7. The fraction of sp³-hybridized carbons (Fsp3) is 0.111. The van der Waals surface area contributed by atoms with Crippen molar-refractivity contribution in [3.8, 4) is 11.3 Å². The summed E-state index contributed by atoms with van der Waals surface area (Å²) in [5, 5.41) is 5.46. The number of alkyl halides is 3. The van der Waals surface area contributed by atoms with Crippen molar-refractivity contribution in [1.82, 2.24) is 14.6 Å². The number of halogens is 3. The zero-order chi connectivity index (χ0) is 16.9. The van der Waals surface area contributed by atoms with Gasteiger partial charge in [-0.1, -0.05) is 30.3 Å². The average Bonchev–Trinajstić information content (AvgIpc) is 2.91. The molecule has 0 atom stereocenters. The number of hydrogen-bond acceptors (Lipinski definition) is 2. The maximum atomic E-state index is 12.7. The summed E-state index contributed by atoms with van der Waals surface area (Å²) in [6.45, 7) is 1.92. The molecule has 0 bridgehead atoms. The fourth-order valence-corrected chi connectivity index (χ4v) is 2.92. The Morgan fingerprint density at radius 1 is 0.958 bits per heavy atom. The van der Waals surface area contributed by atoms with Crippen LogP contribution in [0.25, 0.3) is 27.7 Å². The molecule has 2 aromatic carbocycles. The van der Waals surface area contributed by atoms with Gasteiger partial charge >= 0.3 is 6.18 Å². The molecule has 24 heavy (non-hydrogen) atoms. The molecule has 6 heteroatoms. The largest absolute Gasteiger partial charge is 0.416 e. The van der Waals surface area contributed by atoms with Crippen molar-refractivity contribution < 1.29 is 13.2 Å². The second kappa shape index (κ2) is 5.06. The highest BCUT2D eigenvalue weighted by Gasteiger charge is 2.30. The summed E-state index contributed by atoms with van der Waals surface area (Å²) in [7, 11) is 0. The zero-order valence-electron chi connectivity index (χ0n) is 12.7. The normalized spacial score (nSPS) is 12.2. The van der Waals surface area contributed by atoms with Crippen LogP contribution in [0.3, 0.4) is 0 Å². The molecule has 2 aromatic heterocycles. The predicted molar refractivity (Wildman–Crippen MR) is 85.7 cm³/mol. The third kappa shape index (κ3) is 2.22. The Kier molecular flexibility index (Phi) is 3.09. The number of para-hydroxylation sites is 1. The summed E-state index contributed by atoms with van der Waals surface area (Å²) in [5.74, 6) is 0. The van der Waals surface area contributed by atoms with Crippen LogP contribution in [0, 0.1) is 6.92 Å². The van der Waals surface area contributed by atoms with E-state index in [1.165, 1.54) is 12.1 Å². The van der Waals surface area contributed by atoms with Crippen molar-refractivity contribution in [1.29, 1.82) is 0 Å². The molecular weight excluding hydrogens is 315 g/mol. The smallest absolute Gasteiger partial charge is 0.236 e. The van der Waals surface area contributed by atoms with E-state index in [1.807, 2.05) is 31.2 Å². The lowest BCUT2D eigenvalue weighted by molar-refractivity contribution is -0.137. The Bertz CT molecular complexity index is 1050. The molecule has 3 nitrogen and oxygen atoms in total. The minimum absolute atomic E-state index is 0.647. The van der Waals surface area contributed by atoms with Crippen molar-refractivity contribution in [2.75, 3.05) is 0 Å². The van der Waals surface area contributed by atoms with Crippen LogP contribution in [-0.4, -0.2) is 14.6 Å². The van der Waals surface area contributed by atoms with Crippen LogP contribution in [0.1, 0.15) is 11.1 Å². The van der Waals surface area contributed by atoms with Gasteiger partial charge in [-0.3, -0.25) is 0 Å². The van der Waals surface area contributed by atoms with Crippen molar-refractivity contribution in [2.24, 2.45) is 0 Å². The van der Waals surface area contributed by atoms with Crippen LogP contribution in [0.15, 0.2) is 54.9 Å². The monoisotopic (exact) mass is 327 g/mol. The van der Waals surface area contributed by atoms with E-state index in [4.69, 9.17) is 0 Å². The molecule has 0 saturated heterocycles. The maximum Gasteiger partial charge on any atom is 0.416 e. The van der Waals surface area contributed by atoms with Gasteiger partial charge < -0.3 is 0 Å². The van der Waals surface area contributed by atoms with Gasteiger partial charge in [0.2, 0.25) is 0 Å². The summed E-state index contributed by atoms with van der Waals surface area (Å²) < 4.78 is 39.8. The predicted octanol–water partition coefficient (Wildman–Crippen LogP) is 4.88. The van der Waals surface area contributed by atoms with Gasteiger partial charge in [-0.05, 0) is 25.1 Å². The summed E-state index contributed by atoms with van der Waals surface area (Å²) in [5.41, 5.74) is 3.31. The van der Waals surface area contributed by atoms with Crippen LogP contribution in [-0.2, 0) is 6.18 Å². The van der Waals surface area contributed by atoms with Gasteiger partial charge in [-0.25, -0.2) is 9.50 Å². The first-order valence-electron chi connectivity index (χ1n) is 7.35. The molecule has 0 aliphatic rings. The minimum atomic E-state index is -4.34. The Morgan fingerprint density at radius 3 is 2.38 bits per heavy atom. The van der Waals surface area contributed by atoms with E-state index < -0.39 is 11.7 Å². The minimum Gasteiger partial charge on any atom is -0.236 e. The van der Waals surface area contributed by atoms with E-state index in [1.54, 1.807) is 10.8 Å². The highest BCUT2D eigenvalue weighted by molar-refractivity contribution is 5.96. The Hall–Kier alpha value is -2.89. The second-order valence-corrected chi connectivity index (χ2v) is 5.60. The molecule has 120 valence electrons. The average molecular weight is 327 g/mol. The highest BCUT2D eigenvalue weighted by Crippen LogP contribution is 2.33. The van der Waals surface area contributed by atoms with Gasteiger partial charge in [0.05, 0.1) is 22.3 Å². The van der Waals surface area contributed by atoms with Crippen molar-refractivity contribution >= 4 is 16.4 Å². The van der Waals surface area contributed by atoms with Crippen LogP contribution < -0.4 is 0 Å². The lowest BCUT2D eigenvalue weighted by atomic mass is 10.0. The topological polar surface area (TPSA) is 30.2 Å². The number of rotatable bonds is 1. The summed E-state index contributed by atoms with van der Waals surface area (Å²) in [6.07, 6.45) is -2.72. The van der Waals surface area contributed by atoms with Crippen LogP contribution >= 0.6 is 0 Å². The van der Waals surface area contributed by atoms with E-state index in [2.05, 4.69) is 10.1 Å². The number of aryl methyl sites for hydroxylation is 1. The van der Waals surface area contributed by atoms with Gasteiger partial charge in [0, 0.05) is 16.5 Å². The first kappa shape index (κ1) is 14.7. The fourth-order valence-electron chi connectivity index (χ4n) is 2.92. The van der Waals surface area contributed by atoms with Crippen molar-refractivity contribution in [3.05, 3.63) is 66.0 Å². The molecule has 0 spiro atoms. The molecule has 0 fully saturated rings. The Morgan fingerprint density at radius 2 is 1.67 bits per heavy atom.